The van der Waals surface area contributed by atoms with E-state index in [1.54, 1.807) is 0 Å². The van der Waals surface area contributed by atoms with Crippen molar-refractivity contribution in [3.63, 3.8) is 0 Å². The molecular formula is C16H17ClN2O2. The van der Waals surface area contributed by atoms with Gasteiger partial charge in [0.15, 0.2) is 0 Å². The number of nitrogens with zero attached hydrogens (tertiary/aromatic N) is 1. The molecule has 110 valence electrons. The van der Waals surface area contributed by atoms with Crippen LogP contribution in [0, 0.1) is 13.8 Å². The first kappa shape index (κ1) is 14.1. The molecule has 0 saturated heterocycles. The van der Waals surface area contributed by atoms with Gasteiger partial charge in [0.1, 0.15) is 5.76 Å². The van der Waals surface area contributed by atoms with E-state index >= 15 is 0 Å². The molecule has 0 atom stereocenters. The van der Waals surface area contributed by atoms with Crippen LogP contribution in [-0.2, 0) is 16.8 Å². The molecule has 1 heterocycles. The molecular weight excluding hydrogens is 288 g/mol. The highest BCUT2D eigenvalue weighted by Gasteiger charge is 2.51. The van der Waals surface area contributed by atoms with Gasteiger partial charge in [-0.3, -0.25) is 4.79 Å². The predicted octanol–water partition coefficient (Wildman–Crippen LogP) is 3.29. The van der Waals surface area contributed by atoms with Crippen LogP contribution in [-0.4, -0.2) is 11.1 Å². The van der Waals surface area contributed by atoms with Gasteiger partial charge in [-0.05, 0) is 44.4 Å². The fraction of sp³-hybridized carbons (Fsp3) is 0.375. The molecule has 5 heteroatoms. The molecule has 2 aromatic rings. The lowest BCUT2D eigenvalue weighted by molar-refractivity contribution is -0.123. The van der Waals surface area contributed by atoms with E-state index in [-0.39, 0.29) is 5.91 Å². The smallest absolute Gasteiger partial charge is 0.230 e. The minimum absolute atomic E-state index is 0.0461. The van der Waals surface area contributed by atoms with E-state index < -0.39 is 5.41 Å². The summed E-state index contributed by atoms with van der Waals surface area (Å²) >= 11 is 6.03. The Morgan fingerprint density at radius 1 is 1.43 bits per heavy atom. The molecule has 0 radical (unpaired) electrons. The molecule has 1 saturated carbocycles. The summed E-state index contributed by atoms with van der Waals surface area (Å²) in [4.78, 5) is 12.6. The number of nitrogens with one attached hydrogen (secondary N) is 1. The second-order valence-corrected chi connectivity index (χ2v) is 6.01. The van der Waals surface area contributed by atoms with Gasteiger partial charge in [-0.2, -0.15) is 0 Å². The van der Waals surface area contributed by atoms with Crippen LogP contribution < -0.4 is 5.32 Å². The fourth-order valence-corrected chi connectivity index (χ4v) is 2.84. The maximum Gasteiger partial charge on any atom is 0.230 e. The van der Waals surface area contributed by atoms with E-state index in [9.17, 15) is 4.79 Å². The van der Waals surface area contributed by atoms with Gasteiger partial charge in [0, 0.05) is 17.1 Å². The van der Waals surface area contributed by atoms with E-state index in [1.807, 2.05) is 38.1 Å². The van der Waals surface area contributed by atoms with Crippen LogP contribution in [0.5, 0.6) is 0 Å². The molecule has 3 rings (SSSR count). The lowest BCUT2D eigenvalue weighted by Crippen LogP contribution is -2.34. The highest BCUT2D eigenvalue weighted by molar-refractivity contribution is 6.30. The molecule has 1 aliphatic carbocycles. The van der Waals surface area contributed by atoms with Crippen LogP contribution >= 0.6 is 11.6 Å². The number of rotatable bonds is 4. The molecule has 1 aromatic heterocycles. The highest BCUT2D eigenvalue weighted by atomic mass is 35.5. The van der Waals surface area contributed by atoms with Gasteiger partial charge >= 0.3 is 0 Å². The Labute approximate surface area is 128 Å². The average molecular weight is 305 g/mol. The minimum atomic E-state index is -0.413. The van der Waals surface area contributed by atoms with Gasteiger partial charge in [0.25, 0.3) is 0 Å². The van der Waals surface area contributed by atoms with Crippen molar-refractivity contribution in [3.05, 3.63) is 51.9 Å². The molecule has 21 heavy (non-hydrogen) atoms. The predicted molar refractivity (Wildman–Crippen MR) is 80.2 cm³/mol. The molecule has 4 nitrogen and oxygen atoms in total. The maximum absolute atomic E-state index is 12.6. The molecule has 0 bridgehead atoms. The number of carbonyl (C=O) groups is 1. The average Bonchev–Trinajstić information content (AvgIpc) is 3.21. The Hall–Kier alpha value is -1.81. The van der Waals surface area contributed by atoms with Crippen LogP contribution in [0.2, 0.25) is 5.02 Å². The van der Waals surface area contributed by atoms with Gasteiger partial charge in [-0.15, -0.1) is 0 Å². The van der Waals surface area contributed by atoms with Crippen LogP contribution in [0.3, 0.4) is 0 Å². The third-order valence-corrected chi connectivity index (χ3v) is 4.40. The van der Waals surface area contributed by atoms with Crippen molar-refractivity contribution < 1.29 is 9.32 Å². The Morgan fingerprint density at radius 3 is 2.76 bits per heavy atom. The summed E-state index contributed by atoms with van der Waals surface area (Å²) in [6.45, 7) is 4.18. The van der Waals surface area contributed by atoms with Gasteiger partial charge in [-0.25, -0.2) is 0 Å². The number of carbonyl (C=O) groups excluding carboxylic acids is 1. The van der Waals surface area contributed by atoms with E-state index in [0.29, 0.717) is 11.6 Å². The number of hydrogen-bond donors (Lipinski definition) is 1. The first-order chi connectivity index (χ1) is 10.0. The second-order valence-electron chi connectivity index (χ2n) is 5.58. The normalized spacial score (nSPS) is 15.8. The van der Waals surface area contributed by atoms with E-state index in [4.69, 9.17) is 16.1 Å². The van der Waals surface area contributed by atoms with Crippen molar-refractivity contribution in [1.29, 1.82) is 0 Å². The molecule has 0 spiro atoms. The monoisotopic (exact) mass is 304 g/mol. The Balaban J connectivity index is 1.74. The van der Waals surface area contributed by atoms with Gasteiger partial charge < -0.3 is 9.84 Å². The zero-order valence-electron chi connectivity index (χ0n) is 12.1. The standard InChI is InChI=1S/C16H17ClN2O2/c1-10-14(11(2)21-19-10)9-18-15(20)16(6-7-16)12-4-3-5-13(17)8-12/h3-5,8H,6-7,9H2,1-2H3,(H,18,20). The van der Waals surface area contributed by atoms with Crippen molar-refractivity contribution in [3.8, 4) is 0 Å². The van der Waals surface area contributed by atoms with E-state index in [2.05, 4.69) is 10.5 Å². The third-order valence-electron chi connectivity index (χ3n) is 4.17. The molecule has 1 aromatic carbocycles. The number of aromatic nitrogens is 1. The quantitative estimate of drug-likeness (QED) is 0.943. The van der Waals surface area contributed by atoms with Gasteiger partial charge in [0.2, 0.25) is 5.91 Å². The summed E-state index contributed by atoms with van der Waals surface area (Å²) in [7, 11) is 0. The number of hydrogen-bond acceptors (Lipinski definition) is 3. The summed E-state index contributed by atoms with van der Waals surface area (Å²) < 4.78 is 5.11. The lowest BCUT2D eigenvalue weighted by Gasteiger charge is -2.16. The van der Waals surface area contributed by atoms with E-state index in [0.717, 1.165) is 35.4 Å². The van der Waals surface area contributed by atoms with Crippen LogP contribution in [0.1, 0.15) is 35.4 Å². The summed E-state index contributed by atoms with van der Waals surface area (Å²) in [5, 5.41) is 7.57. The lowest BCUT2D eigenvalue weighted by atomic mass is 9.95. The molecule has 1 fully saturated rings. The fourth-order valence-electron chi connectivity index (χ4n) is 2.65. The summed E-state index contributed by atoms with van der Waals surface area (Å²) in [5.41, 5.74) is 2.35. The van der Waals surface area contributed by atoms with Crippen molar-refractivity contribution in [2.24, 2.45) is 0 Å². The minimum Gasteiger partial charge on any atom is -0.361 e. The molecule has 1 N–H and O–H groups in total. The summed E-state index contributed by atoms with van der Waals surface area (Å²) in [6, 6.07) is 7.56. The Kier molecular flexibility index (Phi) is 3.49. The SMILES string of the molecule is Cc1noc(C)c1CNC(=O)C1(c2cccc(Cl)c2)CC1. The first-order valence-electron chi connectivity index (χ1n) is 6.99. The first-order valence-corrected chi connectivity index (χ1v) is 7.37. The number of amides is 1. The van der Waals surface area contributed by atoms with E-state index in [1.165, 1.54) is 0 Å². The molecule has 0 aliphatic heterocycles. The topological polar surface area (TPSA) is 55.1 Å². The Morgan fingerprint density at radius 2 is 2.19 bits per heavy atom. The maximum atomic E-state index is 12.6. The zero-order valence-corrected chi connectivity index (χ0v) is 12.8. The van der Waals surface area contributed by atoms with Crippen molar-refractivity contribution in [1.82, 2.24) is 10.5 Å². The van der Waals surface area contributed by atoms with Crippen molar-refractivity contribution >= 4 is 17.5 Å². The van der Waals surface area contributed by atoms with Crippen molar-refractivity contribution in [2.75, 3.05) is 0 Å². The molecule has 1 aliphatic rings. The summed E-state index contributed by atoms with van der Waals surface area (Å²) in [5.74, 6) is 0.796. The third kappa shape index (κ3) is 2.56. The van der Waals surface area contributed by atoms with Crippen molar-refractivity contribution in [2.45, 2.75) is 38.6 Å². The van der Waals surface area contributed by atoms with Crippen LogP contribution in [0.15, 0.2) is 28.8 Å². The number of aryl methyl sites for hydroxylation is 2. The summed E-state index contributed by atoms with van der Waals surface area (Å²) in [6.07, 6.45) is 1.72. The zero-order chi connectivity index (χ0) is 15.0. The number of benzene rings is 1. The van der Waals surface area contributed by atoms with Crippen LogP contribution in [0.4, 0.5) is 0 Å². The Bertz CT molecular complexity index is 670. The largest absolute Gasteiger partial charge is 0.361 e. The molecule has 1 amide bonds. The van der Waals surface area contributed by atoms with Gasteiger partial charge in [-0.1, -0.05) is 28.9 Å². The van der Waals surface area contributed by atoms with Crippen LogP contribution in [0.25, 0.3) is 0 Å². The number of halogens is 1. The highest BCUT2D eigenvalue weighted by Crippen LogP contribution is 2.48. The molecule has 0 unspecified atom stereocenters. The second kappa shape index (κ2) is 5.19. The van der Waals surface area contributed by atoms with Gasteiger partial charge in [0.05, 0.1) is 11.1 Å².